The quantitative estimate of drug-likeness (QED) is 0.576. The van der Waals surface area contributed by atoms with Crippen molar-refractivity contribution in [3.8, 4) is 0 Å². The van der Waals surface area contributed by atoms with Gasteiger partial charge in [-0.1, -0.05) is 18.2 Å². The molecule has 0 spiro atoms. The summed E-state index contributed by atoms with van der Waals surface area (Å²) in [6.07, 6.45) is 3.26. The fourth-order valence-electron chi connectivity index (χ4n) is 2.46. The molecule has 0 saturated carbocycles. The zero-order valence-electron chi connectivity index (χ0n) is 12.1. The lowest BCUT2D eigenvalue weighted by Crippen LogP contribution is -2.13. The third kappa shape index (κ3) is 2.48. The van der Waals surface area contributed by atoms with Gasteiger partial charge in [0.05, 0.1) is 22.1 Å². The summed E-state index contributed by atoms with van der Waals surface area (Å²) in [6, 6.07) is 16.5. The van der Waals surface area contributed by atoms with Gasteiger partial charge >= 0.3 is 0 Å². The highest BCUT2D eigenvalue weighted by Crippen LogP contribution is 2.20. The van der Waals surface area contributed by atoms with E-state index in [2.05, 4.69) is 20.3 Å². The molecule has 2 heterocycles. The maximum atomic E-state index is 12.6. The standard InChI is InChI=1S/C18H12N4O/c23-18(20-12-8-10-19-11-9-12)13-4-3-7-16-17(13)22-15-6-2-1-5-14(15)21-16/h1-11H,(H,19,20,23). The number of aromatic nitrogens is 3. The van der Waals surface area contributed by atoms with Gasteiger partial charge in [0.15, 0.2) is 0 Å². The number of hydrogen-bond acceptors (Lipinski definition) is 4. The van der Waals surface area contributed by atoms with E-state index in [9.17, 15) is 4.79 Å². The van der Waals surface area contributed by atoms with Gasteiger partial charge in [0, 0.05) is 18.1 Å². The molecule has 2 aromatic carbocycles. The minimum absolute atomic E-state index is 0.216. The minimum atomic E-state index is -0.216. The van der Waals surface area contributed by atoms with Crippen molar-refractivity contribution in [1.29, 1.82) is 0 Å². The van der Waals surface area contributed by atoms with Crippen LogP contribution in [0.1, 0.15) is 10.4 Å². The van der Waals surface area contributed by atoms with Crippen LogP contribution in [-0.4, -0.2) is 20.9 Å². The number of benzene rings is 2. The second-order valence-electron chi connectivity index (χ2n) is 5.08. The molecule has 0 bridgehead atoms. The normalized spacial score (nSPS) is 10.8. The first kappa shape index (κ1) is 13.3. The number of fused-ring (bicyclic) bond motifs is 2. The van der Waals surface area contributed by atoms with E-state index in [1.54, 1.807) is 30.6 Å². The summed E-state index contributed by atoms with van der Waals surface area (Å²) in [5.74, 6) is -0.216. The number of nitrogens with one attached hydrogen (secondary N) is 1. The van der Waals surface area contributed by atoms with Crippen molar-refractivity contribution in [2.24, 2.45) is 0 Å². The smallest absolute Gasteiger partial charge is 0.257 e. The van der Waals surface area contributed by atoms with Crippen molar-refractivity contribution in [1.82, 2.24) is 15.0 Å². The van der Waals surface area contributed by atoms with Crippen LogP contribution in [-0.2, 0) is 0 Å². The Labute approximate surface area is 132 Å². The van der Waals surface area contributed by atoms with Gasteiger partial charge in [0.2, 0.25) is 0 Å². The van der Waals surface area contributed by atoms with Gasteiger partial charge in [-0.15, -0.1) is 0 Å². The van der Waals surface area contributed by atoms with Crippen molar-refractivity contribution in [3.63, 3.8) is 0 Å². The highest BCUT2D eigenvalue weighted by Gasteiger charge is 2.13. The second kappa shape index (κ2) is 5.46. The Morgan fingerprint density at radius 3 is 2.26 bits per heavy atom. The van der Waals surface area contributed by atoms with Crippen molar-refractivity contribution in [2.45, 2.75) is 0 Å². The molecule has 0 unspecified atom stereocenters. The lowest BCUT2D eigenvalue weighted by Gasteiger charge is -2.08. The number of carbonyl (C=O) groups excluding carboxylic acids is 1. The monoisotopic (exact) mass is 300 g/mol. The Morgan fingerprint density at radius 1 is 0.783 bits per heavy atom. The second-order valence-corrected chi connectivity index (χ2v) is 5.08. The molecule has 23 heavy (non-hydrogen) atoms. The molecule has 110 valence electrons. The molecule has 2 aromatic heterocycles. The fourth-order valence-corrected chi connectivity index (χ4v) is 2.46. The van der Waals surface area contributed by atoms with Gasteiger partial charge < -0.3 is 5.32 Å². The van der Waals surface area contributed by atoms with Crippen LogP contribution in [0, 0.1) is 0 Å². The maximum absolute atomic E-state index is 12.6. The lowest BCUT2D eigenvalue weighted by atomic mass is 10.1. The molecule has 0 fully saturated rings. The van der Waals surface area contributed by atoms with E-state index >= 15 is 0 Å². The van der Waals surface area contributed by atoms with Gasteiger partial charge in [-0.3, -0.25) is 9.78 Å². The van der Waals surface area contributed by atoms with Crippen LogP contribution in [0.5, 0.6) is 0 Å². The summed E-state index contributed by atoms with van der Waals surface area (Å²) in [5.41, 5.74) is 4.06. The zero-order valence-corrected chi connectivity index (χ0v) is 12.1. The molecular weight excluding hydrogens is 288 g/mol. The molecule has 0 aliphatic carbocycles. The van der Waals surface area contributed by atoms with Crippen LogP contribution in [0.15, 0.2) is 67.0 Å². The summed E-state index contributed by atoms with van der Waals surface area (Å²) in [4.78, 5) is 25.7. The Morgan fingerprint density at radius 2 is 1.48 bits per heavy atom. The van der Waals surface area contributed by atoms with E-state index in [1.807, 2.05) is 36.4 Å². The average molecular weight is 300 g/mol. The number of hydrogen-bond donors (Lipinski definition) is 1. The van der Waals surface area contributed by atoms with E-state index in [0.717, 1.165) is 11.0 Å². The maximum Gasteiger partial charge on any atom is 0.257 e. The number of para-hydroxylation sites is 3. The van der Waals surface area contributed by atoms with Crippen molar-refractivity contribution >= 4 is 33.7 Å². The van der Waals surface area contributed by atoms with Crippen LogP contribution in [0.3, 0.4) is 0 Å². The molecule has 1 N–H and O–H groups in total. The highest BCUT2D eigenvalue weighted by atomic mass is 16.1. The van der Waals surface area contributed by atoms with E-state index in [4.69, 9.17) is 0 Å². The van der Waals surface area contributed by atoms with E-state index in [-0.39, 0.29) is 5.91 Å². The van der Waals surface area contributed by atoms with Crippen molar-refractivity contribution in [3.05, 3.63) is 72.6 Å². The number of carbonyl (C=O) groups is 1. The molecule has 1 amide bonds. The summed E-state index contributed by atoms with van der Waals surface area (Å²) >= 11 is 0. The number of nitrogens with zero attached hydrogens (tertiary/aromatic N) is 3. The molecule has 0 atom stereocenters. The van der Waals surface area contributed by atoms with Crippen LogP contribution in [0.25, 0.3) is 22.1 Å². The van der Waals surface area contributed by atoms with Gasteiger partial charge in [-0.2, -0.15) is 0 Å². The summed E-state index contributed by atoms with van der Waals surface area (Å²) in [5, 5.41) is 2.85. The number of amides is 1. The largest absolute Gasteiger partial charge is 0.322 e. The minimum Gasteiger partial charge on any atom is -0.322 e. The Bertz CT molecular complexity index is 1020. The van der Waals surface area contributed by atoms with Gasteiger partial charge in [0.1, 0.15) is 5.52 Å². The zero-order chi connectivity index (χ0) is 15.6. The molecule has 4 rings (SSSR count). The summed E-state index contributed by atoms with van der Waals surface area (Å²) in [7, 11) is 0. The molecule has 0 saturated heterocycles. The molecular formula is C18H12N4O. The predicted molar refractivity (Wildman–Crippen MR) is 89.2 cm³/mol. The van der Waals surface area contributed by atoms with Gasteiger partial charge in [-0.05, 0) is 36.4 Å². The van der Waals surface area contributed by atoms with Crippen LogP contribution < -0.4 is 5.32 Å². The van der Waals surface area contributed by atoms with Crippen LogP contribution in [0.2, 0.25) is 0 Å². The lowest BCUT2D eigenvalue weighted by molar-refractivity contribution is 0.102. The molecule has 0 aliphatic heterocycles. The predicted octanol–water partition coefficient (Wildman–Crippen LogP) is 3.43. The number of pyridine rings is 1. The summed E-state index contributed by atoms with van der Waals surface area (Å²) in [6.45, 7) is 0. The Hall–Kier alpha value is -3.34. The first-order valence-electron chi connectivity index (χ1n) is 7.18. The van der Waals surface area contributed by atoms with Gasteiger partial charge in [0.25, 0.3) is 5.91 Å². The molecule has 0 aliphatic rings. The molecule has 4 aromatic rings. The fraction of sp³-hybridized carbons (Fsp3) is 0. The highest BCUT2D eigenvalue weighted by molar-refractivity contribution is 6.12. The Balaban J connectivity index is 1.83. The topological polar surface area (TPSA) is 67.8 Å². The van der Waals surface area contributed by atoms with E-state index in [0.29, 0.717) is 22.3 Å². The Kier molecular flexibility index (Phi) is 3.16. The first-order valence-corrected chi connectivity index (χ1v) is 7.18. The SMILES string of the molecule is O=C(Nc1ccncc1)c1cccc2nc3ccccc3nc12. The molecule has 5 nitrogen and oxygen atoms in total. The molecule has 5 heteroatoms. The third-order valence-electron chi connectivity index (χ3n) is 3.55. The average Bonchev–Trinajstić information content (AvgIpc) is 2.60. The van der Waals surface area contributed by atoms with E-state index in [1.165, 1.54) is 0 Å². The third-order valence-corrected chi connectivity index (χ3v) is 3.55. The van der Waals surface area contributed by atoms with Gasteiger partial charge in [-0.25, -0.2) is 9.97 Å². The first-order chi connectivity index (χ1) is 11.3. The number of rotatable bonds is 2. The van der Waals surface area contributed by atoms with Crippen LogP contribution >= 0.6 is 0 Å². The van der Waals surface area contributed by atoms with Crippen LogP contribution in [0.4, 0.5) is 5.69 Å². The number of anilines is 1. The molecule has 0 radical (unpaired) electrons. The van der Waals surface area contributed by atoms with Crippen molar-refractivity contribution in [2.75, 3.05) is 5.32 Å². The van der Waals surface area contributed by atoms with E-state index < -0.39 is 0 Å². The van der Waals surface area contributed by atoms with Crippen molar-refractivity contribution < 1.29 is 4.79 Å². The summed E-state index contributed by atoms with van der Waals surface area (Å²) < 4.78 is 0.